The van der Waals surface area contributed by atoms with E-state index in [1.165, 1.54) is 63.6 Å². The van der Waals surface area contributed by atoms with Gasteiger partial charge in [-0.1, -0.05) is 31.7 Å². The molecule has 4 nitrogen and oxygen atoms in total. The van der Waals surface area contributed by atoms with Crippen molar-refractivity contribution >= 4 is 5.91 Å². The van der Waals surface area contributed by atoms with Gasteiger partial charge in [0, 0.05) is 13.0 Å². The summed E-state index contributed by atoms with van der Waals surface area (Å²) in [5.41, 5.74) is 2.15. The molecule has 126 valence electrons. The summed E-state index contributed by atoms with van der Waals surface area (Å²) in [6.07, 6.45) is 10.8. The van der Waals surface area contributed by atoms with Crippen LogP contribution in [0.5, 0.6) is 0 Å². The molecule has 4 heteroatoms. The Bertz CT molecular complexity index is 523. The summed E-state index contributed by atoms with van der Waals surface area (Å²) in [7, 11) is 0. The highest BCUT2D eigenvalue weighted by molar-refractivity contribution is 5.72. The molecule has 1 aromatic heterocycles. The van der Waals surface area contributed by atoms with Crippen LogP contribution in [0.15, 0.2) is 18.2 Å². The molecule has 1 unspecified atom stereocenters. The molecule has 0 radical (unpaired) electrons. The first-order valence-corrected chi connectivity index (χ1v) is 9.20. The second-order valence-corrected chi connectivity index (χ2v) is 7.00. The Morgan fingerprint density at radius 2 is 1.96 bits per heavy atom. The number of hydrogen-bond acceptors (Lipinski definition) is 3. The average Bonchev–Trinajstić information content (AvgIpc) is 2.89. The summed E-state index contributed by atoms with van der Waals surface area (Å²) in [4.78, 5) is 18.7. The molecule has 1 N–H and O–H groups in total. The fourth-order valence-electron chi connectivity index (χ4n) is 4.13. The Balaban J connectivity index is 1.71. The van der Waals surface area contributed by atoms with Crippen LogP contribution < -0.4 is 5.32 Å². The molecule has 2 fully saturated rings. The summed E-state index contributed by atoms with van der Waals surface area (Å²) in [6.45, 7) is 3.29. The van der Waals surface area contributed by atoms with Gasteiger partial charge >= 0.3 is 0 Å². The van der Waals surface area contributed by atoms with Crippen molar-refractivity contribution in [1.29, 1.82) is 0 Å². The first-order valence-electron chi connectivity index (χ1n) is 9.20. The van der Waals surface area contributed by atoms with Gasteiger partial charge in [0.25, 0.3) is 0 Å². The molecule has 2 heterocycles. The number of aromatic nitrogens is 1. The summed E-state index contributed by atoms with van der Waals surface area (Å²) < 4.78 is 0. The SMILES string of the molecule is CC(=O)NCc1cccc(C2CCCN2C2CCCCCC2)n1. The van der Waals surface area contributed by atoms with Crippen molar-refractivity contribution in [2.24, 2.45) is 0 Å². The highest BCUT2D eigenvalue weighted by atomic mass is 16.1. The summed E-state index contributed by atoms with van der Waals surface area (Å²) in [5, 5.41) is 2.85. The van der Waals surface area contributed by atoms with Crippen LogP contribution in [-0.4, -0.2) is 28.4 Å². The molecule has 1 aromatic rings. The van der Waals surface area contributed by atoms with Gasteiger partial charge in [0.2, 0.25) is 5.91 Å². The van der Waals surface area contributed by atoms with Crippen LogP contribution >= 0.6 is 0 Å². The molecule has 1 amide bonds. The Hall–Kier alpha value is -1.42. The first kappa shape index (κ1) is 16.4. The molecule has 2 aliphatic rings. The standard InChI is InChI=1S/C19H29N3O/c1-15(23)20-14-16-8-6-11-18(21-16)19-12-7-13-22(19)17-9-4-2-3-5-10-17/h6,8,11,17,19H,2-5,7,9-10,12-14H2,1H3,(H,20,23). The van der Waals surface area contributed by atoms with Gasteiger partial charge in [-0.15, -0.1) is 0 Å². The summed E-state index contributed by atoms with van der Waals surface area (Å²) in [6, 6.07) is 7.46. The molecular weight excluding hydrogens is 286 g/mol. The van der Waals surface area contributed by atoms with Gasteiger partial charge in [-0.3, -0.25) is 14.7 Å². The lowest BCUT2D eigenvalue weighted by atomic mass is 10.0. The Morgan fingerprint density at radius 1 is 1.17 bits per heavy atom. The lowest BCUT2D eigenvalue weighted by molar-refractivity contribution is -0.119. The van der Waals surface area contributed by atoms with E-state index in [1.54, 1.807) is 6.92 Å². The fourth-order valence-corrected chi connectivity index (χ4v) is 4.13. The van der Waals surface area contributed by atoms with Crippen molar-refractivity contribution in [2.75, 3.05) is 6.54 Å². The smallest absolute Gasteiger partial charge is 0.217 e. The third kappa shape index (κ3) is 4.31. The van der Waals surface area contributed by atoms with Crippen molar-refractivity contribution in [3.05, 3.63) is 29.6 Å². The van der Waals surface area contributed by atoms with Crippen molar-refractivity contribution < 1.29 is 4.79 Å². The Morgan fingerprint density at radius 3 is 2.70 bits per heavy atom. The predicted octanol–water partition coefficient (Wildman–Crippen LogP) is 3.58. The number of hydrogen-bond donors (Lipinski definition) is 1. The number of rotatable bonds is 4. The van der Waals surface area contributed by atoms with Crippen LogP contribution in [0.1, 0.15) is 75.7 Å². The van der Waals surface area contributed by atoms with Crippen LogP contribution in [0, 0.1) is 0 Å². The summed E-state index contributed by atoms with van der Waals surface area (Å²) >= 11 is 0. The van der Waals surface area contributed by atoms with Crippen molar-refractivity contribution in [1.82, 2.24) is 15.2 Å². The predicted molar refractivity (Wildman–Crippen MR) is 91.9 cm³/mol. The third-order valence-corrected chi connectivity index (χ3v) is 5.28. The van der Waals surface area contributed by atoms with Gasteiger partial charge in [-0.05, 0) is 44.4 Å². The molecule has 23 heavy (non-hydrogen) atoms. The molecule has 1 saturated carbocycles. The monoisotopic (exact) mass is 315 g/mol. The van der Waals surface area contributed by atoms with Crippen LogP contribution in [0.3, 0.4) is 0 Å². The second-order valence-electron chi connectivity index (χ2n) is 7.00. The average molecular weight is 315 g/mol. The van der Waals surface area contributed by atoms with E-state index in [1.807, 2.05) is 6.07 Å². The minimum atomic E-state index is -0.00171. The number of likely N-dealkylation sites (tertiary alicyclic amines) is 1. The normalized spacial score (nSPS) is 23.6. The Labute approximate surface area is 139 Å². The van der Waals surface area contributed by atoms with E-state index in [9.17, 15) is 4.79 Å². The van der Waals surface area contributed by atoms with Gasteiger partial charge in [0.15, 0.2) is 0 Å². The van der Waals surface area contributed by atoms with E-state index in [4.69, 9.17) is 4.98 Å². The molecular formula is C19H29N3O. The van der Waals surface area contributed by atoms with Crippen LogP contribution in [0.25, 0.3) is 0 Å². The van der Waals surface area contributed by atoms with E-state index in [2.05, 4.69) is 22.3 Å². The third-order valence-electron chi connectivity index (χ3n) is 5.28. The van der Waals surface area contributed by atoms with Crippen LogP contribution in [0.2, 0.25) is 0 Å². The number of carbonyl (C=O) groups excluding carboxylic acids is 1. The van der Waals surface area contributed by atoms with Crippen molar-refractivity contribution in [3.63, 3.8) is 0 Å². The van der Waals surface area contributed by atoms with Gasteiger partial charge in [0.05, 0.1) is 24.0 Å². The maximum absolute atomic E-state index is 11.1. The molecule has 0 spiro atoms. The zero-order valence-electron chi connectivity index (χ0n) is 14.3. The maximum Gasteiger partial charge on any atom is 0.217 e. The maximum atomic E-state index is 11.1. The lowest BCUT2D eigenvalue weighted by Crippen LogP contribution is -2.35. The zero-order valence-corrected chi connectivity index (χ0v) is 14.3. The molecule has 3 rings (SSSR count). The lowest BCUT2D eigenvalue weighted by Gasteiger charge is -2.32. The Kier molecular flexibility index (Phi) is 5.65. The fraction of sp³-hybridized carbons (Fsp3) is 0.684. The van der Waals surface area contributed by atoms with Gasteiger partial charge < -0.3 is 5.32 Å². The van der Waals surface area contributed by atoms with Crippen molar-refractivity contribution in [2.45, 2.75) is 76.9 Å². The number of pyridine rings is 1. The molecule has 1 atom stereocenters. The van der Waals surface area contributed by atoms with Gasteiger partial charge in [0.1, 0.15) is 0 Å². The summed E-state index contributed by atoms with van der Waals surface area (Å²) in [5.74, 6) is -0.00171. The van der Waals surface area contributed by atoms with Crippen molar-refractivity contribution in [3.8, 4) is 0 Å². The van der Waals surface area contributed by atoms with Crippen LogP contribution in [-0.2, 0) is 11.3 Å². The van der Waals surface area contributed by atoms with E-state index >= 15 is 0 Å². The number of amides is 1. The number of nitrogens with one attached hydrogen (secondary N) is 1. The van der Waals surface area contributed by atoms with E-state index in [0.29, 0.717) is 12.6 Å². The topological polar surface area (TPSA) is 45.2 Å². The van der Waals surface area contributed by atoms with Crippen LogP contribution in [0.4, 0.5) is 0 Å². The highest BCUT2D eigenvalue weighted by Crippen LogP contribution is 2.36. The van der Waals surface area contributed by atoms with Gasteiger partial charge in [-0.2, -0.15) is 0 Å². The quantitative estimate of drug-likeness (QED) is 0.864. The molecule has 1 aliphatic carbocycles. The minimum absolute atomic E-state index is 0.00171. The molecule has 1 saturated heterocycles. The largest absolute Gasteiger partial charge is 0.351 e. The van der Waals surface area contributed by atoms with Gasteiger partial charge in [-0.25, -0.2) is 0 Å². The molecule has 1 aliphatic heterocycles. The number of nitrogens with zero attached hydrogens (tertiary/aromatic N) is 2. The van der Waals surface area contributed by atoms with E-state index in [-0.39, 0.29) is 5.91 Å². The number of carbonyl (C=O) groups is 1. The second kappa shape index (κ2) is 7.91. The first-order chi connectivity index (χ1) is 11.2. The molecule has 0 aromatic carbocycles. The van der Waals surface area contributed by atoms with E-state index < -0.39 is 0 Å². The molecule has 0 bridgehead atoms. The zero-order chi connectivity index (χ0) is 16.1. The van der Waals surface area contributed by atoms with E-state index in [0.717, 1.165) is 11.7 Å². The highest BCUT2D eigenvalue weighted by Gasteiger charge is 2.32. The minimum Gasteiger partial charge on any atom is -0.351 e.